The summed E-state index contributed by atoms with van der Waals surface area (Å²) in [5, 5.41) is 6.42. The molecular weight excluding hydrogens is 248 g/mol. The van der Waals surface area contributed by atoms with Gasteiger partial charge in [-0.2, -0.15) is 0 Å². The van der Waals surface area contributed by atoms with Gasteiger partial charge in [-0.1, -0.05) is 5.16 Å². The van der Waals surface area contributed by atoms with Crippen LogP contribution >= 0.6 is 0 Å². The summed E-state index contributed by atoms with van der Waals surface area (Å²) in [6.07, 6.45) is 3.24. The highest BCUT2D eigenvalue weighted by Gasteiger charge is 2.15. The Hall–Kier alpha value is -1.40. The lowest BCUT2D eigenvalue weighted by Crippen LogP contribution is -2.25. The Kier molecular flexibility index (Phi) is 5.35. The molecule has 1 aliphatic heterocycles. The largest absolute Gasteiger partial charge is 0.379 e. The van der Waals surface area contributed by atoms with E-state index in [-0.39, 0.29) is 17.8 Å². The molecule has 0 spiro atoms. The van der Waals surface area contributed by atoms with E-state index < -0.39 is 0 Å². The fourth-order valence-electron chi connectivity index (χ4n) is 1.92. The van der Waals surface area contributed by atoms with Gasteiger partial charge >= 0.3 is 0 Å². The number of rotatable bonds is 7. The zero-order valence-corrected chi connectivity index (χ0v) is 11.2. The van der Waals surface area contributed by atoms with Crippen molar-refractivity contribution in [2.45, 2.75) is 32.3 Å². The highest BCUT2D eigenvalue weighted by atomic mass is 16.5. The van der Waals surface area contributed by atoms with Crippen LogP contribution in [0.5, 0.6) is 0 Å². The summed E-state index contributed by atoms with van der Waals surface area (Å²) >= 11 is 0. The van der Waals surface area contributed by atoms with Gasteiger partial charge in [0.25, 0.3) is 5.91 Å². The van der Waals surface area contributed by atoms with Crippen LogP contribution in [0, 0.1) is 6.92 Å². The number of carbonyl (C=O) groups excluding carboxylic acids is 1. The second kappa shape index (κ2) is 7.25. The van der Waals surface area contributed by atoms with E-state index in [0.717, 1.165) is 25.9 Å². The number of carbonyl (C=O) groups is 1. The van der Waals surface area contributed by atoms with E-state index >= 15 is 0 Å². The molecule has 0 radical (unpaired) electrons. The maximum Gasteiger partial charge on any atom is 0.289 e. The standard InChI is InChI=1S/C13H20N2O4/c1-10-8-12(19-15-10)13(16)14-5-3-6-17-9-11-4-2-7-18-11/h8,11H,2-7,9H2,1H3,(H,14,16). The Bertz CT molecular complexity index is 399. The summed E-state index contributed by atoms with van der Waals surface area (Å²) in [6, 6.07) is 1.61. The summed E-state index contributed by atoms with van der Waals surface area (Å²) in [4.78, 5) is 11.6. The predicted octanol–water partition coefficient (Wildman–Crippen LogP) is 1.30. The van der Waals surface area contributed by atoms with Gasteiger partial charge in [0.15, 0.2) is 0 Å². The molecule has 1 N–H and O–H groups in total. The zero-order valence-electron chi connectivity index (χ0n) is 11.2. The highest BCUT2D eigenvalue weighted by Crippen LogP contribution is 2.11. The second-order valence-electron chi connectivity index (χ2n) is 4.65. The van der Waals surface area contributed by atoms with Gasteiger partial charge in [0.1, 0.15) is 0 Å². The maximum absolute atomic E-state index is 11.6. The summed E-state index contributed by atoms with van der Waals surface area (Å²) < 4.78 is 15.8. The lowest BCUT2D eigenvalue weighted by Gasteiger charge is -2.09. The van der Waals surface area contributed by atoms with Crippen molar-refractivity contribution >= 4 is 5.91 Å². The minimum Gasteiger partial charge on any atom is -0.379 e. The Labute approximate surface area is 112 Å². The third-order valence-electron chi connectivity index (χ3n) is 2.93. The van der Waals surface area contributed by atoms with E-state index in [4.69, 9.17) is 14.0 Å². The van der Waals surface area contributed by atoms with E-state index in [1.165, 1.54) is 0 Å². The normalized spacial score (nSPS) is 18.7. The van der Waals surface area contributed by atoms with Crippen LogP contribution in [-0.4, -0.2) is 43.5 Å². The van der Waals surface area contributed by atoms with Crippen LogP contribution in [-0.2, 0) is 9.47 Å². The van der Waals surface area contributed by atoms with Gasteiger partial charge < -0.3 is 19.3 Å². The van der Waals surface area contributed by atoms with Gasteiger partial charge in [-0.3, -0.25) is 4.79 Å². The van der Waals surface area contributed by atoms with Crippen molar-refractivity contribution < 1.29 is 18.8 Å². The summed E-state index contributed by atoms with van der Waals surface area (Å²) in [5.41, 5.74) is 0.699. The van der Waals surface area contributed by atoms with Crippen molar-refractivity contribution in [3.8, 4) is 0 Å². The molecule has 1 aromatic rings. The number of nitrogens with zero attached hydrogens (tertiary/aromatic N) is 1. The topological polar surface area (TPSA) is 73.6 Å². The minimum atomic E-state index is -0.236. The molecule has 0 saturated carbocycles. The second-order valence-corrected chi connectivity index (χ2v) is 4.65. The quantitative estimate of drug-likeness (QED) is 0.754. The first-order valence-corrected chi connectivity index (χ1v) is 6.66. The molecule has 1 saturated heterocycles. The highest BCUT2D eigenvalue weighted by molar-refractivity contribution is 5.91. The summed E-state index contributed by atoms with van der Waals surface area (Å²) in [6.45, 7) is 4.45. The Balaban J connectivity index is 1.50. The lowest BCUT2D eigenvalue weighted by atomic mass is 10.2. The number of nitrogens with one attached hydrogen (secondary N) is 1. The molecule has 2 rings (SSSR count). The van der Waals surface area contributed by atoms with Crippen molar-refractivity contribution in [1.82, 2.24) is 10.5 Å². The first-order valence-electron chi connectivity index (χ1n) is 6.66. The molecule has 1 amide bonds. The van der Waals surface area contributed by atoms with E-state index in [1.54, 1.807) is 13.0 Å². The van der Waals surface area contributed by atoms with Gasteiger partial charge in [-0.05, 0) is 26.2 Å². The van der Waals surface area contributed by atoms with Crippen LogP contribution in [0.2, 0.25) is 0 Å². The first kappa shape index (κ1) is 14.0. The molecular formula is C13H20N2O4. The molecule has 1 unspecified atom stereocenters. The van der Waals surface area contributed by atoms with Crippen LogP contribution in [0.15, 0.2) is 10.6 Å². The van der Waals surface area contributed by atoms with Crippen LogP contribution < -0.4 is 5.32 Å². The summed E-state index contributed by atoms with van der Waals surface area (Å²) in [5.74, 6) is 0.0116. The maximum atomic E-state index is 11.6. The average Bonchev–Trinajstić information content (AvgIpc) is 3.04. The molecule has 19 heavy (non-hydrogen) atoms. The predicted molar refractivity (Wildman–Crippen MR) is 68.0 cm³/mol. The molecule has 1 atom stereocenters. The van der Waals surface area contributed by atoms with Crippen molar-refractivity contribution in [3.63, 3.8) is 0 Å². The van der Waals surface area contributed by atoms with Crippen molar-refractivity contribution in [2.75, 3.05) is 26.4 Å². The van der Waals surface area contributed by atoms with Gasteiger partial charge in [0, 0.05) is 25.8 Å². The molecule has 0 aromatic carbocycles. The van der Waals surface area contributed by atoms with Crippen molar-refractivity contribution in [1.29, 1.82) is 0 Å². The third kappa shape index (κ3) is 4.65. The zero-order chi connectivity index (χ0) is 13.5. The summed E-state index contributed by atoms with van der Waals surface area (Å²) in [7, 11) is 0. The van der Waals surface area contributed by atoms with Gasteiger partial charge in [-0.15, -0.1) is 0 Å². The Morgan fingerprint density at radius 3 is 3.21 bits per heavy atom. The molecule has 2 heterocycles. The van der Waals surface area contributed by atoms with Gasteiger partial charge in [-0.25, -0.2) is 0 Å². The number of hydrogen-bond donors (Lipinski definition) is 1. The number of ether oxygens (including phenoxy) is 2. The van der Waals surface area contributed by atoms with E-state index in [2.05, 4.69) is 10.5 Å². The monoisotopic (exact) mass is 268 g/mol. The SMILES string of the molecule is Cc1cc(C(=O)NCCCOCC2CCCO2)on1. The van der Waals surface area contributed by atoms with E-state index in [0.29, 0.717) is 25.5 Å². The minimum absolute atomic E-state index is 0.236. The molecule has 6 heteroatoms. The Morgan fingerprint density at radius 1 is 1.63 bits per heavy atom. The molecule has 6 nitrogen and oxygen atoms in total. The van der Waals surface area contributed by atoms with Crippen LogP contribution in [0.4, 0.5) is 0 Å². The van der Waals surface area contributed by atoms with Crippen LogP contribution in [0.1, 0.15) is 35.5 Å². The number of aromatic nitrogens is 1. The lowest BCUT2D eigenvalue weighted by molar-refractivity contribution is 0.0166. The molecule has 0 aliphatic carbocycles. The number of hydrogen-bond acceptors (Lipinski definition) is 5. The molecule has 0 bridgehead atoms. The van der Waals surface area contributed by atoms with Gasteiger partial charge in [0.05, 0.1) is 18.4 Å². The fourth-order valence-corrected chi connectivity index (χ4v) is 1.92. The molecule has 1 aromatic heterocycles. The number of aryl methyl sites for hydroxylation is 1. The first-order chi connectivity index (χ1) is 9.25. The smallest absolute Gasteiger partial charge is 0.289 e. The third-order valence-corrected chi connectivity index (χ3v) is 2.93. The Morgan fingerprint density at radius 2 is 2.53 bits per heavy atom. The molecule has 1 aliphatic rings. The van der Waals surface area contributed by atoms with E-state index in [9.17, 15) is 4.79 Å². The number of amides is 1. The molecule has 106 valence electrons. The van der Waals surface area contributed by atoms with Crippen LogP contribution in [0.3, 0.4) is 0 Å². The average molecular weight is 268 g/mol. The van der Waals surface area contributed by atoms with Gasteiger partial charge in [0.2, 0.25) is 5.76 Å². The fraction of sp³-hybridized carbons (Fsp3) is 0.692. The molecule has 1 fully saturated rings. The van der Waals surface area contributed by atoms with Crippen LogP contribution in [0.25, 0.3) is 0 Å². The van der Waals surface area contributed by atoms with E-state index in [1.807, 2.05) is 0 Å². The van der Waals surface area contributed by atoms with Crippen molar-refractivity contribution in [2.24, 2.45) is 0 Å². The van der Waals surface area contributed by atoms with Crippen molar-refractivity contribution in [3.05, 3.63) is 17.5 Å².